The third kappa shape index (κ3) is 3.18. The molecule has 2 heterocycles. The van der Waals surface area contributed by atoms with Gasteiger partial charge in [-0.1, -0.05) is 0 Å². The second-order valence-electron chi connectivity index (χ2n) is 5.26. The fourth-order valence-corrected chi connectivity index (χ4v) is 2.50. The van der Waals surface area contributed by atoms with Crippen molar-refractivity contribution in [3.05, 3.63) is 0 Å². The Labute approximate surface area is 102 Å². The van der Waals surface area contributed by atoms with Crippen LogP contribution in [0.15, 0.2) is 0 Å². The fraction of sp³-hybridized carbons (Fsp3) is 0.917. The Morgan fingerprint density at radius 2 is 2.41 bits per heavy atom. The van der Waals surface area contributed by atoms with Gasteiger partial charge in [0.15, 0.2) is 0 Å². The summed E-state index contributed by atoms with van der Waals surface area (Å²) >= 11 is 0. The molecule has 0 radical (unpaired) electrons. The van der Waals surface area contributed by atoms with Crippen LogP contribution in [0.4, 0.5) is 0 Å². The molecule has 2 rings (SSSR count). The molecular weight excluding hydrogens is 220 g/mol. The van der Waals surface area contributed by atoms with E-state index < -0.39 is 0 Å². The fourth-order valence-electron chi connectivity index (χ4n) is 2.50. The van der Waals surface area contributed by atoms with E-state index >= 15 is 0 Å². The summed E-state index contributed by atoms with van der Waals surface area (Å²) in [5, 5.41) is 6.29. The van der Waals surface area contributed by atoms with E-state index in [1.807, 2.05) is 6.92 Å². The Hall–Kier alpha value is -0.650. The predicted octanol–water partition coefficient (Wildman–Crippen LogP) is 0.0486. The Morgan fingerprint density at radius 1 is 1.59 bits per heavy atom. The molecule has 2 saturated heterocycles. The summed E-state index contributed by atoms with van der Waals surface area (Å²) < 4.78 is 10.7. The zero-order valence-electron chi connectivity index (χ0n) is 10.6. The first-order valence-electron chi connectivity index (χ1n) is 6.29. The maximum Gasteiger partial charge on any atom is 0.237 e. The van der Waals surface area contributed by atoms with Crippen LogP contribution in [0, 0.1) is 0 Å². The van der Waals surface area contributed by atoms with Gasteiger partial charge in [-0.2, -0.15) is 0 Å². The molecule has 98 valence electrons. The molecule has 5 nitrogen and oxygen atoms in total. The van der Waals surface area contributed by atoms with Crippen LogP contribution in [-0.2, 0) is 14.3 Å². The SMILES string of the molecule is COC1CNC(C(=O)NC2(C)CCCOC2)C1. The highest BCUT2D eigenvalue weighted by Crippen LogP contribution is 2.19. The van der Waals surface area contributed by atoms with Crippen molar-refractivity contribution in [1.29, 1.82) is 0 Å². The van der Waals surface area contributed by atoms with Gasteiger partial charge in [-0.05, 0) is 26.2 Å². The van der Waals surface area contributed by atoms with E-state index in [4.69, 9.17) is 9.47 Å². The number of ether oxygens (including phenoxy) is 2. The third-order valence-electron chi connectivity index (χ3n) is 3.60. The van der Waals surface area contributed by atoms with Gasteiger partial charge in [0.05, 0.1) is 24.3 Å². The van der Waals surface area contributed by atoms with Crippen molar-refractivity contribution in [2.75, 3.05) is 26.9 Å². The molecule has 0 aromatic rings. The van der Waals surface area contributed by atoms with Crippen LogP contribution < -0.4 is 10.6 Å². The van der Waals surface area contributed by atoms with Crippen molar-refractivity contribution < 1.29 is 14.3 Å². The van der Waals surface area contributed by atoms with Crippen molar-refractivity contribution in [3.8, 4) is 0 Å². The van der Waals surface area contributed by atoms with E-state index in [2.05, 4.69) is 10.6 Å². The van der Waals surface area contributed by atoms with E-state index in [9.17, 15) is 4.79 Å². The summed E-state index contributed by atoms with van der Waals surface area (Å²) in [6, 6.07) is -0.126. The standard InChI is InChI=1S/C12H22N2O3/c1-12(4-3-5-17-8-12)14-11(15)10-6-9(16-2)7-13-10/h9-10,13H,3-8H2,1-2H3,(H,14,15). The molecule has 0 aromatic carbocycles. The molecular formula is C12H22N2O3. The third-order valence-corrected chi connectivity index (χ3v) is 3.60. The molecule has 2 aliphatic heterocycles. The van der Waals surface area contributed by atoms with Crippen LogP contribution in [-0.4, -0.2) is 50.5 Å². The average molecular weight is 242 g/mol. The molecule has 0 spiro atoms. The van der Waals surface area contributed by atoms with Gasteiger partial charge in [-0.15, -0.1) is 0 Å². The Morgan fingerprint density at radius 3 is 3.00 bits per heavy atom. The number of hydrogen-bond donors (Lipinski definition) is 2. The Balaban J connectivity index is 1.84. The molecule has 1 amide bonds. The largest absolute Gasteiger partial charge is 0.380 e. The highest BCUT2D eigenvalue weighted by atomic mass is 16.5. The first-order chi connectivity index (χ1) is 8.13. The molecule has 2 N–H and O–H groups in total. The zero-order chi connectivity index (χ0) is 12.3. The number of carbonyl (C=O) groups excluding carboxylic acids is 1. The van der Waals surface area contributed by atoms with Gasteiger partial charge in [-0.25, -0.2) is 0 Å². The lowest BCUT2D eigenvalue weighted by Crippen LogP contribution is -2.55. The number of rotatable bonds is 3. The zero-order valence-corrected chi connectivity index (χ0v) is 10.6. The number of methoxy groups -OCH3 is 1. The van der Waals surface area contributed by atoms with Crippen LogP contribution in [0.1, 0.15) is 26.2 Å². The summed E-state index contributed by atoms with van der Waals surface area (Å²) in [4.78, 5) is 12.1. The maximum atomic E-state index is 12.1. The quantitative estimate of drug-likeness (QED) is 0.734. The molecule has 3 unspecified atom stereocenters. The summed E-state index contributed by atoms with van der Waals surface area (Å²) in [6.45, 7) is 4.21. The second-order valence-corrected chi connectivity index (χ2v) is 5.26. The van der Waals surface area contributed by atoms with E-state index in [0.717, 1.165) is 32.4 Å². The Kier molecular flexibility index (Phi) is 4.01. The van der Waals surface area contributed by atoms with Gasteiger partial charge in [-0.3, -0.25) is 4.79 Å². The van der Waals surface area contributed by atoms with Crippen molar-refractivity contribution >= 4 is 5.91 Å². The molecule has 0 aromatic heterocycles. The molecule has 5 heteroatoms. The van der Waals surface area contributed by atoms with Gasteiger partial charge in [0.2, 0.25) is 5.91 Å². The molecule has 0 bridgehead atoms. The van der Waals surface area contributed by atoms with Gasteiger partial charge in [0.1, 0.15) is 0 Å². The van der Waals surface area contributed by atoms with Gasteiger partial charge >= 0.3 is 0 Å². The number of hydrogen-bond acceptors (Lipinski definition) is 4. The monoisotopic (exact) mass is 242 g/mol. The van der Waals surface area contributed by atoms with Crippen LogP contribution in [0.5, 0.6) is 0 Å². The van der Waals surface area contributed by atoms with E-state index in [1.165, 1.54) is 0 Å². The van der Waals surface area contributed by atoms with Crippen molar-refractivity contribution in [2.45, 2.75) is 43.9 Å². The first-order valence-corrected chi connectivity index (χ1v) is 6.29. The lowest BCUT2D eigenvalue weighted by molar-refractivity contribution is -0.126. The molecule has 17 heavy (non-hydrogen) atoms. The minimum Gasteiger partial charge on any atom is -0.380 e. The average Bonchev–Trinajstić information content (AvgIpc) is 2.78. The maximum absolute atomic E-state index is 12.1. The molecule has 2 aliphatic rings. The molecule has 2 fully saturated rings. The van der Waals surface area contributed by atoms with Gasteiger partial charge in [0, 0.05) is 20.3 Å². The lowest BCUT2D eigenvalue weighted by Gasteiger charge is -2.35. The second kappa shape index (κ2) is 5.33. The van der Waals surface area contributed by atoms with Crippen molar-refractivity contribution in [1.82, 2.24) is 10.6 Å². The van der Waals surface area contributed by atoms with Crippen LogP contribution in [0.2, 0.25) is 0 Å². The number of amides is 1. The number of nitrogens with one attached hydrogen (secondary N) is 2. The topological polar surface area (TPSA) is 59.6 Å². The smallest absolute Gasteiger partial charge is 0.237 e. The normalized spacial score (nSPS) is 38.0. The van der Waals surface area contributed by atoms with Gasteiger partial charge in [0.25, 0.3) is 0 Å². The summed E-state index contributed by atoms with van der Waals surface area (Å²) in [6.07, 6.45) is 2.90. The minimum absolute atomic E-state index is 0.0672. The van der Waals surface area contributed by atoms with E-state index in [-0.39, 0.29) is 23.6 Å². The highest BCUT2D eigenvalue weighted by molar-refractivity contribution is 5.82. The van der Waals surface area contributed by atoms with E-state index in [0.29, 0.717) is 6.61 Å². The van der Waals surface area contributed by atoms with Crippen LogP contribution >= 0.6 is 0 Å². The first kappa shape index (κ1) is 12.8. The van der Waals surface area contributed by atoms with Gasteiger partial charge < -0.3 is 20.1 Å². The number of carbonyl (C=O) groups is 1. The highest BCUT2D eigenvalue weighted by Gasteiger charge is 2.35. The van der Waals surface area contributed by atoms with Crippen molar-refractivity contribution in [2.24, 2.45) is 0 Å². The van der Waals surface area contributed by atoms with E-state index in [1.54, 1.807) is 7.11 Å². The summed E-state index contributed by atoms with van der Waals surface area (Å²) in [5.41, 5.74) is -0.206. The minimum atomic E-state index is -0.206. The Bertz CT molecular complexity index is 277. The predicted molar refractivity (Wildman–Crippen MR) is 63.8 cm³/mol. The van der Waals surface area contributed by atoms with Crippen LogP contribution in [0.3, 0.4) is 0 Å². The van der Waals surface area contributed by atoms with Crippen molar-refractivity contribution in [3.63, 3.8) is 0 Å². The summed E-state index contributed by atoms with van der Waals surface area (Å²) in [7, 11) is 1.68. The summed E-state index contributed by atoms with van der Waals surface area (Å²) in [5.74, 6) is 0.0672. The molecule has 0 saturated carbocycles. The lowest BCUT2D eigenvalue weighted by atomic mass is 9.94. The molecule has 0 aliphatic carbocycles. The molecule has 3 atom stereocenters. The van der Waals surface area contributed by atoms with Crippen LogP contribution in [0.25, 0.3) is 0 Å².